The Morgan fingerprint density at radius 3 is 2.59 bits per heavy atom. The molecule has 154 valence electrons. The summed E-state index contributed by atoms with van der Waals surface area (Å²) in [7, 11) is 0. The highest BCUT2D eigenvalue weighted by Gasteiger charge is 2.35. The summed E-state index contributed by atoms with van der Waals surface area (Å²) in [5.41, 5.74) is 8.23. The molecular weight excluding hydrogens is 393 g/mol. The number of halogens is 2. The van der Waals surface area contributed by atoms with E-state index >= 15 is 0 Å². The van der Waals surface area contributed by atoms with Gasteiger partial charge >= 0.3 is 0 Å². The van der Waals surface area contributed by atoms with Crippen molar-refractivity contribution in [3.05, 3.63) is 52.4 Å². The van der Waals surface area contributed by atoms with Crippen LogP contribution in [0.3, 0.4) is 0 Å². The zero-order chi connectivity index (χ0) is 20.5. The van der Waals surface area contributed by atoms with Crippen LogP contribution >= 0.6 is 11.6 Å². The van der Waals surface area contributed by atoms with E-state index in [1.165, 1.54) is 6.33 Å². The first-order valence-electron chi connectivity index (χ1n) is 9.97. The number of alkyl halides is 1. The van der Waals surface area contributed by atoms with Gasteiger partial charge in [0, 0.05) is 43.3 Å². The van der Waals surface area contributed by atoms with Crippen molar-refractivity contribution in [2.45, 2.75) is 31.4 Å². The molecule has 1 aliphatic carbocycles. The van der Waals surface area contributed by atoms with Gasteiger partial charge in [-0.05, 0) is 30.0 Å². The average molecular weight is 418 g/mol. The normalized spacial score (nSPS) is 22.5. The highest BCUT2D eigenvalue weighted by molar-refractivity contribution is 6.30. The third-order valence-electron chi connectivity index (χ3n) is 5.94. The zero-order valence-electron chi connectivity index (χ0n) is 16.4. The minimum absolute atomic E-state index is 0.0274. The van der Waals surface area contributed by atoms with Gasteiger partial charge in [-0.3, -0.25) is 4.79 Å². The van der Waals surface area contributed by atoms with Gasteiger partial charge < -0.3 is 15.5 Å². The first-order valence-corrected chi connectivity index (χ1v) is 10.4. The van der Waals surface area contributed by atoms with Crippen molar-refractivity contribution in [2.24, 2.45) is 5.73 Å². The number of amides is 1. The Morgan fingerprint density at radius 1 is 1.24 bits per heavy atom. The van der Waals surface area contributed by atoms with Crippen LogP contribution < -0.4 is 10.6 Å². The molecule has 1 saturated heterocycles. The second kappa shape index (κ2) is 8.24. The first-order chi connectivity index (χ1) is 14.0. The maximum absolute atomic E-state index is 14.2. The van der Waals surface area contributed by atoms with E-state index in [0.29, 0.717) is 43.3 Å². The minimum Gasteiger partial charge on any atom is -0.353 e. The summed E-state index contributed by atoms with van der Waals surface area (Å²) in [5, 5.41) is 0.632. The van der Waals surface area contributed by atoms with Crippen molar-refractivity contribution in [1.29, 1.82) is 0 Å². The van der Waals surface area contributed by atoms with Gasteiger partial charge in [0.15, 0.2) is 0 Å². The van der Waals surface area contributed by atoms with Crippen LogP contribution in [0.15, 0.2) is 30.6 Å². The van der Waals surface area contributed by atoms with Gasteiger partial charge in [-0.1, -0.05) is 30.7 Å². The molecule has 2 heterocycles. The van der Waals surface area contributed by atoms with Crippen molar-refractivity contribution >= 4 is 23.3 Å². The Morgan fingerprint density at radius 2 is 1.93 bits per heavy atom. The number of carbonyl (C=O) groups excluding carboxylic acids is 1. The van der Waals surface area contributed by atoms with Gasteiger partial charge in [0.05, 0.1) is 11.6 Å². The number of fused-ring (bicyclic) bond motifs is 1. The van der Waals surface area contributed by atoms with Crippen molar-refractivity contribution < 1.29 is 9.18 Å². The molecule has 0 bridgehead atoms. The quantitative estimate of drug-likeness (QED) is 0.827. The molecule has 1 amide bonds. The minimum atomic E-state index is -1.02. The Bertz CT molecular complexity index is 885. The summed E-state index contributed by atoms with van der Waals surface area (Å²) in [6.07, 6.45) is 0.884. The Kier molecular flexibility index (Phi) is 5.69. The number of hydrogen-bond donors (Lipinski definition) is 1. The lowest BCUT2D eigenvalue weighted by atomic mass is 9.97. The van der Waals surface area contributed by atoms with E-state index in [1.54, 1.807) is 12.1 Å². The predicted molar refractivity (Wildman–Crippen MR) is 111 cm³/mol. The fraction of sp³-hybridized carbons (Fsp3) is 0.476. The molecule has 2 aromatic rings. The molecule has 2 N–H and O–H groups in total. The molecule has 0 unspecified atom stereocenters. The fourth-order valence-electron chi connectivity index (χ4n) is 4.35. The maximum Gasteiger partial charge on any atom is 0.231 e. The van der Waals surface area contributed by atoms with Gasteiger partial charge in [-0.25, -0.2) is 14.4 Å². The molecule has 2 aliphatic rings. The van der Waals surface area contributed by atoms with Crippen molar-refractivity contribution in [3.63, 3.8) is 0 Å². The topological polar surface area (TPSA) is 75.4 Å². The molecule has 0 spiro atoms. The highest BCUT2D eigenvalue weighted by Crippen LogP contribution is 2.44. The standard InChI is InChI=1S/C21H25ClFN5O/c1-13-10-17(23)19-18(13)20(26-12-25-19)27-6-8-28(9-7-27)21(29)16(11-24)14-2-4-15(22)5-3-14/h2-5,12-13,16-17H,6-11,24H2,1H3/t13-,16-,17-/m1/s1. The molecule has 1 aliphatic heterocycles. The van der Waals surface area contributed by atoms with Crippen LogP contribution in [-0.2, 0) is 4.79 Å². The van der Waals surface area contributed by atoms with Crippen LogP contribution in [0.4, 0.5) is 10.2 Å². The molecule has 0 saturated carbocycles. The second-order valence-corrected chi connectivity index (χ2v) is 8.19. The Hall–Kier alpha value is -2.25. The molecule has 1 aromatic carbocycles. The number of nitrogens with two attached hydrogens (primary N) is 1. The number of hydrogen-bond acceptors (Lipinski definition) is 5. The largest absolute Gasteiger partial charge is 0.353 e. The molecular formula is C21H25ClFN5O. The molecule has 0 radical (unpaired) electrons. The number of carbonyl (C=O) groups is 1. The number of piperazine rings is 1. The van der Waals surface area contributed by atoms with Gasteiger partial charge in [0.25, 0.3) is 0 Å². The Balaban J connectivity index is 1.46. The first kappa shape index (κ1) is 20.0. The lowest BCUT2D eigenvalue weighted by molar-refractivity contribution is -0.132. The summed E-state index contributed by atoms with van der Waals surface area (Å²) in [6.45, 7) is 4.72. The number of nitrogens with zero attached hydrogens (tertiary/aromatic N) is 4. The molecule has 29 heavy (non-hydrogen) atoms. The maximum atomic E-state index is 14.2. The Labute approximate surface area is 174 Å². The third-order valence-corrected chi connectivity index (χ3v) is 6.19. The summed E-state index contributed by atoms with van der Waals surface area (Å²) in [4.78, 5) is 25.7. The van der Waals surface area contributed by atoms with Crippen LogP contribution in [-0.4, -0.2) is 53.5 Å². The van der Waals surface area contributed by atoms with Crippen molar-refractivity contribution in [1.82, 2.24) is 14.9 Å². The van der Waals surface area contributed by atoms with Crippen LogP contribution in [0.2, 0.25) is 5.02 Å². The van der Waals surface area contributed by atoms with Crippen molar-refractivity contribution in [2.75, 3.05) is 37.6 Å². The molecule has 1 aromatic heterocycles. The van der Waals surface area contributed by atoms with Crippen molar-refractivity contribution in [3.8, 4) is 0 Å². The number of anilines is 1. The summed E-state index contributed by atoms with van der Waals surface area (Å²) in [6, 6.07) is 7.26. The fourth-order valence-corrected chi connectivity index (χ4v) is 4.47. The van der Waals surface area contributed by atoms with E-state index < -0.39 is 6.17 Å². The van der Waals surface area contributed by atoms with E-state index in [2.05, 4.69) is 14.9 Å². The monoisotopic (exact) mass is 417 g/mol. The molecule has 8 heteroatoms. The van der Waals surface area contributed by atoms with Gasteiger partial charge in [0.2, 0.25) is 5.91 Å². The van der Waals surface area contributed by atoms with Crippen LogP contribution in [0.1, 0.15) is 48.2 Å². The van der Waals surface area contributed by atoms with Crippen LogP contribution in [0, 0.1) is 0 Å². The number of aromatic nitrogens is 2. The summed E-state index contributed by atoms with van der Waals surface area (Å²) >= 11 is 5.96. The van der Waals surface area contributed by atoms with Gasteiger partial charge in [-0.2, -0.15) is 0 Å². The average Bonchev–Trinajstić information content (AvgIpc) is 3.04. The summed E-state index contributed by atoms with van der Waals surface area (Å²) < 4.78 is 14.2. The van der Waals surface area contributed by atoms with Gasteiger partial charge in [0.1, 0.15) is 18.3 Å². The zero-order valence-corrected chi connectivity index (χ0v) is 17.1. The number of rotatable bonds is 4. The van der Waals surface area contributed by atoms with E-state index in [0.717, 1.165) is 16.9 Å². The highest BCUT2D eigenvalue weighted by atomic mass is 35.5. The third kappa shape index (κ3) is 3.81. The predicted octanol–water partition coefficient (Wildman–Crippen LogP) is 3.04. The van der Waals surface area contributed by atoms with E-state index in [9.17, 15) is 9.18 Å². The molecule has 1 fully saturated rings. The van der Waals surface area contributed by atoms with E-state index in [1.807, 2.05) is 24.0 Å². The molecule has 3 atom stereocenters. The number of benzene rings is 1. The van der Waals surface area contributed by atoms with E-state index in [-0.39, 0.29) is 24.3 Å². The SMILES string of the molecule is C[C@@H]1C[C@@H](F)c2ncnc(N3CCN(C(=O)[C@H](CN)c4ccc(Cl)cc4)CC3)c21. The smallest absolute Gasteiger partial charge is 0.231 e. The lowest BCUT2D eigenvalue weighted by Gasteiger charge is -2.37. The molecule has 6 nitrogen and oxygen atoms in total. The van der Waals surface area contributed by atoms with E-state index in [4.69, 9.17) is 17.3 Å². The lowest BCUT2D eigenvalue weighted by Crippen LogP contribution is -2.51. The van der Waals surface area contributed by atoms with Crippen LogP contribution in [0.5, 0.6) is 0 Å². The molecule has 4 rings (SSSR count). The van der Waals surface area contributed by atoms with Crippen LogP contribution in [0.25, 0.3) is 0 Å². The second-order valence-electron chi connectivity index (χ2n) is 7.75. The van der Waals surface area contributed by atoms with Gasteiger partial charge in [-0.15, -0.1) is 0 Å². The summed E-state index contributed by atoms with van der Waals surface area (Å²) in [5.74, 6) is 0.555.